The first-order valence-electron chi connectivity index (χ1n) is 11.7. The van der Waals surface area contributed by atoms with E-state index in [-0.39, 0.29) is 23.0 Å². The van der Waals surface area contributed by atoms with Gasteiger partial charge in [0.1, 0.15) is 11.2 Å². The number of halogens is 1. The van der Waals surface area contributed by atoms with E-state index in [2.05, 4.69) is 5.32 Å². The highest BCUT2D eigenvalue weighted by Crippen LogP contribution is 2.43. The molecule has 5 rings (SSSR count). The molecule has 6 heteroatoms. The van der Waals surface area contributed by atoms with Crippen molar-refractivity contribution in [2.45, 2.75) is 18.2 Å². The molecular weight excluding hydrogens is 471 g/mol. The van der Waals surface area contributed by atoms with Gasteiger partial charge < -0.3 is 5.32 Å². The Bertz CT molecular complexity index is 1360. The molecule has 0 spiro atoms. The molecule has 1 aliphatic heterocycles. The second-order valence-corrected chi connectivity index (χ2v) is 9.75. The Hall–Kier alpha value is -3.90. The molecule has 2 amide bonds. The van der Waals surface area contributed by atoms with Crippen molar-refractivity contribution in [3.63, 3.8) is 0 Å². The SMILES string of the molecule is Cc1c(F)cccc1N1C(=O)CSC1c1cccc(NC(=O)C(c2ccccc2)c2ccccc2)c1. The van der Waals surface area contributed by atoms with Gasteiger partial charge in [-0.15, -0.1) is 11.8 Å². The van der Waals surface area contributed by atoms with Gasteiger partial charge in [0.05, 0.1) is 17.4 Å². The zero-order chi connectivity index (χ0) is 25.1. The van der Waals surface area contributed by atoms with Crippen LogP contribution in [0.15, 0.2) is 103 Å². The molecule has 1 heterocycles. The number of carbonyl (C=O) groups excluding carboxylic acids is 2. The van der Waals surface area contributed by atoms with Crippen LogP contribution >= 0.6 is 11.8 Å². The van der Waals surface area contributed by atoms with E-state index in [0.29, 0.717) is 22.7 Å². The smallest absolute Gasteiger partial charge is 0.238 e. The summed E-state index contributed by atoms with van der Waals surface area (Å²) in [5, 5.41) is 2.77. The number of hydrogen-bond donors (Lipinski definition) is 1. The summed E-state index contributed by atoms with van der Waals surface area (Å²) < 4.78 is 14.3. The minimum absolute atomic E-state index is 0.0682. The maximum Gasteiger partial charge on any atom is 0.238 e. The van der Waals surface area contributed by atoms with E-state index in [1.54, 1.807) is 24.0 Å². The van der Waals surface area contributed by atoms with Crippen molar-refractivity contribution >= 4 is 35.0 Å². The van der Waals surface area contributed by atoms with E-state index in [4.69, 9.17) is 0 Å². The molecule has 0 aliphatic carbocycles. The highest BCUT2D eigenvalue weighted by atomic mass is 32.2. The second-order valence-electron chi connectivity index (χ2n) is 8.68. The lowest BCUT2D eigenvalue weighted by atomic mass is 9.90. The Morgan fingerprint density at radius 2 is 1.56 bits per heavy atom. The van der Waals surface area contributed by atoms with Crippen LogP contribution in [0.4, 0.5) is 15.8 Å². The molecular formula is C30H25FN2O2S. The van der Waals surface area contributed by atoms with E-state index in [0.717, 1.165) is 16.7 Å². The molecule has 1 N–H and O–H groups in total. The van der Waals surface area contributed by atoms with Crippen LogP contribution in [-0.4, -0.2) is 17.6 Å². The van der Waals surface area contributed by atoms with Crippen molar-refractivity contribution in [2.75, 3.05) is 16.0 Å². The zero-order valence-electron chi connectivity index (χ0n) is 19.7. The van der Waals surface area contributed by atoms with Crippen LogP contribution in [0.25, 0.3) is 0 Å². The lowest BCUT2D eigenvalue weighted by Gasteiger charge is -2.26. The van der Waals surface area contributed by atoms with Crippen molar-refractivity contribution in [1.29, 1.82) is 0 Å². The van der Waals surface area contributed by atoms with Gasteiger partial charge >= 0.3 is 0 Å². The number of carbonyl (C=O) groups is 2. The third-order valence-corrected chi connectivity index (χ3v) is 7.55. The van der Waals surface area contributed by atoms with Gasteiger partial charge in [0.2, 0.25) is 11.8 Å². The van der Waals surface area contributed by atoms with Crippen LogP contribution in [0.3, 0.4) is 0 Å². The molecule has 0 aromatic heterocycles. The third-order valence-electron chi connectivity index (χ3n) is 6.33. The van der Waals surface area contributed by atoms with E-state index >= 15 is 0 Å². The van der Waals surface area contributed by atoms with Crippen LogP contribution in [0.5, 0.6) is 0 Å². The fourth-order valence-electron chi connectivity index (χ4n) is 4.56. The second kappa shape index (κ2) is 10.4. The summed E-state index contributed by atoms with van der Waals surface area (Å²) in [6, 6.07) is 31.7. The number of nitrogens with one attached hydrogen (secondary N) is 1. The highest BCUT2D eigenvalue weighted by molar-refractivity contribution is 8.00. The molecule has 1 atom stereocenters. The van der Waals surface area contributed by atoms with Gasteiger partial charge in [-0.1, -0.05) is 78.9 Å². The number of benzene rings is 4. The molecule has 1 aliphatic rings. The molecule has 180 valence electrons. The van der Waals surface area contributed by atoms with Crippen molar-refractivity contribution in [1.82, 2.24) is 0 Å². The summed E-state index contributed by atoms with van der Waals surface area (Å²) in [5.74, 6) is -0.713. The van der Waals surface area contributed by atoms with Gasteiger partial charge in [-0.25, -0.2) is 4.39 Å². The third kappa shape index (κ3) is 4.77. The topological polar surface area (TPSA) is 49.4 Å². The highest BCUT2D eigenvalue weighted by Gasteiger charge is 2.35. The first-order valence-corrected chi connectivity index (χ1v) is 12.8. The van der Waals surface area contributed by atoms with E-state index in [1.165, 1.54) is 17.8 Å². The number of thioether (sulfide) groups is 1. The van der Waals surface area contributed by atoms with Crippen LogP contribution in [0.1, 0.15) is 33.5 Å². The van der Waals surface area contributed by atoms with E-state index in [9.17, 15) is 14.0 Å². The van der Waals surface area contributed by atoms with Crippen molar-refractivity contribution < 1.29 is 14.0 Å². The Morgan fingerprint density at radius 1 is 0.917 bits per heavy atom. The molecule has 1 saturated heterocycles. The van der Waals surface area contributed by atoms with Gasteiger partial charge in [0.15, 0.2) is 0 Å². The molecule has 1 unspecified atom stereocenters. The number of anilines is 2. The van der Waals surface area contributed by atoms with Gasteiger partial charge in [0.25, 0.3) is 0 Å². The number of amides is 2. The molecule has 4 aromatic rings. The summed E-state index contributed by atoms with van der Waals surface area (Å²) in [4.78, 5) is 28.0. The van der Waals surface area contributed by atoms with E-state index < -0.39 is 5.92 Å². The Labute approximate surface area is 214 Å². The van der Waals surface area contributed by atoms with Gasteiger partial charge in [0, 0.05) is 11.3 Å². The molecule has 4 aromatic carbocycles. The quantitative estimate of drug-likeness (QED) is 0.324. The van der Waals surface area contributed by atoms with Crippen LogP contribution in [0, 0.1) is 12.7 Å². The van der Waals surface area contributed by atoms with Crippen molar-refractivity contribution in [3.05, 3.63) is 131 Å². The van der Waals surface area contributed by atoms with Gasteiger partial charge in [-0.05, 0) is 47.9 Å². The predicted molar refractivity (Wildman–Crippen MR) is 144 cm³/mol. The minimum atomic E-state index is -0.468. The first kappa shape index (κ1) is 23.8. The standard InChI is InChI=1S/C30H25FN2O2S/c1-20-25(31)16-9-17-26(20)33-27(34)19-36-30(33)23-14-8-15-24(18-23)32-29(35)28(21-10-4-2-5-11-21)22-12-6-3-7-13-22/h2-18,28,30H,19H2,1H3,(H,32,35). The lowest BCUT2D eigenvalue weighted by Crippen LogP contribution is -2.29. The largest absolute Gasteiger partial charge is 0.325 e. The fraction of sp³-hybridized carbons (Fsp3) is 0.133. The van der Waals surface area contributed by atoms with Gasteiger partial charge in [-0.3, -0.25) is 14.5 Å². The summed E-state index contributed by atoms with van der Waals surface area (Å²) in [6.45, 7) is 1.68. The van der Waals surface area contributed by atoms with Crippen LogP contribution in [-0.2, 0) is 9.59 Å². The Kier molecular flexibility index (Phi) is 6.87. The molecule has 0 saturated carbocycles. The molecule has 0 bridgehead atoms. The predicted octanol–water partition coefficient (Wildman–Crippen LogP) is 6.68. The number of hydrogen-bond acceptors (Lipinski definition) is 3. The molecule has 0 radical (unpaired) electrons. The fourth-order valence-corrected chi connectivity index (χ4v) is 5.72. The summed E-state index contributed by atoms with van der Waals surface area (Å²) in [6.07, 6.45) is 0. The summed E-state index contributed by atoms with van der Waals surface area (Å²) >= 11 is 1.49. The Morgan fingerprint density at radius 3 is 2.22 bits per heavy atom. The normalized spacial score (nSPS) is 15.4. The monoisotopic (exact) mass is 496 g/mol. The summed E-state index contributed by atoms with van der Waals surface area (Å²) in [7, 11) is 0. The first-order chi connectivity index (χ1) is 17.5. The van der Waals surface area contributed by atoms with Crippen LogP contribution in [0.2, 0.25) is 0 Å². The molecule has 1 fully saturated rings. The van der Waals surface area contributed by atoms with Crippen molar-refractivity contribution in [2.24, 2.45) is 0 Å². The average molecular weight is 497 g/mol. The summed E-state index contributed by atoms with van der Waals surface area (Å²) in [5.41, 5.74) is 4.33. The van der Waals surface area contributed by atoms with Crippen molar-refractivity contribution in [3.8, 4) is 0 Å². The maximum atomic E-state index is 14.3. The molecule has 4 nitrogen and oxygen atoms in total. The number of rotatable bonds is 6. The number of nitrogens with zero attached hydrogens (tertiary/aromatic N) is 1. The average Bonchev–Trinajstić information content (AvgIpc) is 3.28. The minimum Gasteiger partial charge on any atom is -0.325 e. The Balaban J connectivity index is 1.44. The van der Waals surface area contributed by atoms with E-state index in [1.807, 2.05) is 84.9 Å². The maximum absolute atomic E-state index is 14.3. The molecule has 36 heavy (non-hydrogen) atoms. The zero-order valence-corrected chi connectivity index (χ0v) is 20.5. The lowest BCUT2D eigenvalue weighted by molar-refractivity contribution is -0.117. The van der Waals surface area contributed by atoms with Gasteiger partial charge in [-0.2, -0.15) is 0 Å². The van der Waals surface area contributed by atoms with Crippen LogP contribution < -0.4 is 10.2 Å².